The van der Waals surface area contributed by atoms with Crippen LogP contribution in [0.4, 0.5) is 4.79 Å². The number of benzene rings is 1. The second kappa shape index (κ2) is 8.82. The maximum Gasteiger partial charge on any atom is 0.407 e. The molecule has 1 amide bonds. The molecule has 0 aromatic heterocycles. The van der Waals surface area contributed by atoms with Crippen LogP contribution in [0.1, 0.15) is 65.0 Å². The monoisotopic (exact) mass is 305 g/mol. The largest absolute Gasteiger partial charge is 0.444 e. The number of hydrogen-bond donors (Lipinski definition) is 1. The third-order valence-electron chi connectivity index (χ3n) is 3.56. The van der Waals surface area contributed by atoms with Crippen molar-refractivity contribution in [3.05, 3.63) is 35.4 Å². The number of rotatable bonds is 7. The van der Waals surface area contributed by atoms with E-state index in [-0.39, 0.29) is 6.09 Å². The molecule has 0 saturated heterocycles. The predicted molar refractivity (Wildman–Crippen MR) is 91.9 cm³/mol. The molecule has 0 saturated carbocycles. The van der Waals surface area contributed by atoms with Gasteiger partial charge in [-0.3, -0.25) is 0 Å². The zero-order valence-electron chi connectivity index (χ0n) is 14.7. The first kappa shape index (κ1) is 18.5. The van der Waals surface area contributed by atoms with Crippen LogP contribution in [0.2, 0.25) is 0 Å². The van der Waals surface area contributed by atoms with Crippen LogP contribution in [0.25, 0.3) is 0 Å². The van der Waals surface area contributed by atoms with Crippen molar-refractivity contribution >= 4 is 6.09 Å². The Labute approximate surface area is 135 Å². The number of hydrogen-bond acceptors (Lipinski definition) is 2. The summed E-state index contributed by atoms with van der Waals surface area (Å²) in [6.45, 7) is 10.7. The minimum atomic E-state index is -0.460. The van der Waals surface area contributed by atoms with Crippen LogP contribution in [-0.2, 0) is 17.7 Å². The summed E-state index contributed by atoms with van der Waals surface area (Å²) < 4.78 is 5.28. The van der Waals surface area contributed by atoms with Crippen molar-refractivity contribution in [2.45, 2.75) is 72.4 Å². The molecule has 1 aromatic rings. The van der Waals surface area contributed by atoms with Crippen molar-refractivity contribution < 1.29 is 9.53 Å². The highest BCUT2D eigenvalue weighted by atomic mass is 16.6. The maximum atomic E-state index is 11.8. The zero-order valence-corrected chi connectivity index (χ0v) is 14.7. The highest BCUT2D eigenvalue weighted by Gasteiger charge is 2.16. The normalized spacial score (nSPS) is 12.8. The van der Waals surface area contributed by atoms with Gasteiger partial charge in [0.1, 0.15) is 5.60 Å². The molecule has 3 nitrogen and oxygen atoms in total. The molecule has 22 heavy (non-hydrogen) atoms. The number of carbonyl (C=O) groups is 1. The molecule has 1 aromatic carbocycles. The fourth-order valence-electron chi connectivity index (χ4n) is 2.44. The minimum Gasteiger partial charge on any atom is -0.444 e. The first-order valence-electron chi connectivity index (χ1n) is 8.35. The Morgan fingerprint density at radius 3 is 2.45 bits per heavy atom. The number of amides is 1. The van der Waals surface area contributed by atoms with Gasteiger partial charge in [0.15, 0.2) is 0 Å². The van der Waals surface area contributed by atoms with Gasteiger partial charge in [-0.25, -0.2) is 4.79 Å². The molecule has 0 fully saturated rings. The molecule has 1 atom stereocenters. The molecule has 124 valence electrons. The molecule has 0 heterocycles. The lowest BCUT2D eigenvalue weighted by molar-refractivity contribution is 0.0523. The Morgan fingerprint density at radius 2 is 1.86 bits per heavy atom. The van der Waals surface area contributed by atoms with E-state index in [0.717, 1.165) is 6.42 Å². The number of nitrogens with one attached hydrogen (secondary N) is 1. The molecule has 1 N–H and O–H groups in total. The fourth-order valence-corrected chi connectivity index (χ4v) is 2.44. The van der Waals surface area contributed by atoms with Crippen LogP contribution >= 0.6 is 0 Å². The Hall–Kier alpha value is -1.51. The quantitative estimate of drug-likeness (QED) is 0.763. The Balaban J connectivity index is 2.58. The Bertz CT molecular complexity index is 463. The van der Waals surface area contributed by atoms with E-state index in [1.807, 2.05) is 26.8 Å². The summed E-state index contributed by atoms with van der Waals surface area (Å²) in [5.74, 6) is 0.669. The molecule has 0 radical (unpaired) electrons. The molecular formula is C19H31NO2. The van der Waals surface area contributed by atoms with Crippen LogP contribution < -0.4 is 5.32 Å². The number of ether oxygens (including phenoxy) is 1. The lowest BCUT2D eigenvalue weighted by Crippen LogP contribution is -2.32. The van der Waals surface area contributed by atoms with Crippen molar-refractivity contribution in [3.63, 3.8) is 0 Å². The summed E-state index contributed by atoms with van der Waals surface area (Å²) >= 11 is 0. The van der Waals surface area contributed by atoms with Gasteiger partial charge in [0.25, 0.3) is 0 Å². The molecule has 0 unspecified atom stereocenters. The average molecular weight is 305 g/mol. The molecule has 0 aliphatic carbocycles. The predicted octanol–water partition coefficient (Wildman–Crippen LogP) is 5.08. The topological polar surface area (TPSA) is 38.3 Å². The van der Waals surface area contributed by atoms with E-state index in [1.165, 1.54) is 30.4 Å². The summed E-state index contributed by atoms with van der Waals surface area (Å²) in [4.78, 5) is 11.8. The molecule has 0 spiro atoms. The van der Waals surface area contributed by atoms with Gasteiger partial charge in [-0.1, -0.05) is 57.4 Å². The third kappa shape index (κ3) is 7.48. The van der Waals surface area contributed by atoms with E-state index in [0.29, 0.717) is 12.5 Å². The van der Waals surface area contributed by atoms with Crippen LogP contribution in [0.15, 0.2) is 24.3 Å². The lowest BCUT2D eigenvalue weighted by atomic mass is 9.93. The van der Waals surface area contributed by atoms with E-state index in [2.05, 4.69) is 37.4 Å². The van der Waals surface area contributed by atoms with Gasteiger partial charge >= 0.3 is 6.09 Å². The second-order valence-corrected chi connectivity index (χ2v) is 7.08. The summed E-state index contributed by atoms with van der Waals surface area (Å²) in [7, 11) is 0. The molecule has 0 bridgehead atoms. The SMILES string of the molecule is CCCC[C@H](C)Cc1ccccc1CNC(=O)OC(C)(C)C. The summed E-state index contributed by atoms with van der Waals surface area (Å²) in [5, 5.41) is 2.85. The summed E-state index contributed by atoms with van der Waals surface area (Å²) in [5.41, 5.74) is 2.04. The van der Waals surface area contributed by atoms with Crippen molar-refractivity contribution in [2.75, 3.05) is 0 Å². The molecule has 3 heteroatoms. The standard InChI is InChI=1S/C19H31NO2/c1-6-7-10-15(2)13-16-11-8-9-12-17(16)14-20-18(21)22-19(3,4)5/h8-9,11-12,15H,6-7,10,13-14H2,1-5H3,(H,20,21)/t15-/m0/s1. The van der Waals surface area contributed by atoms with Gasteiger partial charge in [0.2, 0.25) is 0 Å². The van der Waals surface area contributed by atoms with Crippen LogP contribution in [0, 0.1) is 5.92 Å². The Kier molecular flexibility index (Phi) is 7.43. The molecular weight excluding hydrogens is 274 g/mol. The van der Waals surface area contributed by atoms with E-state index in [9.17, 15) is 4.79 Å². The molecule has 0 aliphatic rings. The highest BCUT2D eigenvalue weighted by molar-refractivity contribution is 5.67. The van der Waals surface area contributed by atoms with Crippen molar-refractivity contribution in [3.8, 4) is 0 Å². The van der Waals surface area contributed by atoms with Gasteiger partial charge in [-0.05, 0) is 44.2 Å². The van der Waals surface area contributed by atoms with Gasteiger partial charge in [0, 0.05) is 6.54 Å². The smallest absolute Gasteiger partial charge is 0.407 e. The van der Waals surface area contributed by atoms with Gasteiger partial charge in [0.05, 0.1) is 0 Å². The van der Waals surface area contributed by atoms with E-state index < -0.39 is 5.60 Å². The Morgan fingerprint density at radius 1 is 1.23 bits per heavy atom. The maximum absolute atomic E-state index is 11.8. The van der Waals surface area contributed by atoms with E-state index in [1.54, 1.807) is 0 Å². The van der Waals surface area contributed by atoms with Gasteiger partial charge in [-0.2, -0.15) is 0 Å². The third-order valence-corrected chi connectivity index (χ3v) is 3.56. The fraction of sp³-hybridized carbons (Fsp3) is 0.632. The first-order chi connectivity index (χ1) is 10.3. The minimum absolute atomic E-state index is 0.360. The van der Waals surface area contributed by atoms with E-state index >= 15 is 0 Å². The first-order valence-corrected chi connectivity index (χ1v) is 8.35. The number of carbonyl (C=O) groups excluding carboxylic acids is 1. The number of alkyl carbamates (subject to hydrolysis) is 1. The van der Waals surface area contributed by atoms with Crippen LogP contribution in [0.3, 0.4) is 0 Å². The lowest BCUT2D eigenvalue weighted by Gasteiger charge is -2.20. The van der Waals surface area contributed by atoms with Crippen molar-refractivity contribution in [1.82, 2.24) is 5.32 Å². The second-order valence-electron chi connectivity index (χ2n) is 7.08. The molecule has 1 rings (SSSR count). The summed E-state index contributed by atoms with van der Waals surface area (Å²) in [6.07, 6.45) is 4.48. The summed E-state index contributed by atoms with van der Waals surface area (Å²) in [6, 6.07) is 8.33. The van der Waals surface area contributed by atoms with Crippen LogP contribution in [-0.4, -0.2) is 11.7 Å². The average Bonchev–Trinajstić information content (AvgIpc) is 2.42. The van der Waals surface area contributed by atoms with Gasteiger partial charge in [-0.15, -0.1) is 0 Å². The van der Waals surface area contributed by atoms with E-state index in [4.69, 9.17) is 4.74 Å². The molecule has 0 aliphatic heterocycles. The van der Waals surface area contributed by atoms with Crippen molar-refractivity contribution in [2.24, 2.45) is 5.92 Å². The van der Waals surface area contributed by atoms with Crippen LogP contribution in [0.5, 0.6) is 0 Å². The zero-order chi connectivity index (χ0) is 16.6. The van der Waals surface area contributed by atoms with Crippen molar-refractivity contribution in [1.29, 1.82) is 0 Å². The van der Waals surface area contributed by atoms with Gasteiger partial charge < -0.3 is 10.1 Å². The highest BCUT2D eigenvalue weighted by Crippen LogP contribution is 2.18. The number of unbranched alkanes of at least 4 members (excludes halogenated alkanes) is 1.